The van der Waals surface area contributed by atoms with Crippen molar-refractivity contribution >= 4 is 32.4 Å². The topological polar surface area (TPSA) is 90.9 Å². The molecule has 1 rings (SSSR count). The highest BCUT2D eigenvalue weighted by Gasteiger charge is 2.52. The molecule has 0 aliphatic rings. The highest BCUT2D eigenvalue weighted by molar-refractivity contribution is 6.65. The molecule has 13 heteroatoms. The predicted molar refractivity (Wildman–Crippen MR) is 99.0 cm³/mol. The van der Waals surface area contributed by atoms with Gasteiger partial charge in [-0.1, -0.05) is 20.8 Å². The van der Waals surface area contributed by atoms with Gasteiger partial charge in [-0.15, -0.1) is 0 Å². The molecule has 0 saturated heterocycles. The van der Waals surface area contributed by atoms with E-state index in [1.807, 2.05) is 0 Å². The maximum Gasteiger partial charge on any atom is 0.705 e. The standard InChI is InChI=1S/C18H22F5NO6Si/c1-4-10(25)28-31(29-11(26)5-2,30-12(27)6-3)9-7-8-24-18-16(22)14(20)13(19)15(21)17(18)23/h24H,4-9H2,1-3H3. The van der Waals surface area contributed by atoms with Gasteiger partial charge in [-0.3, -0.25) is 14.4 Å². The van der Waals surface area contributed by atoms with E-state index in [-0.39, 0.29) is 38.3 Å². The smallest absolute Gasteiger partial charge is 0.455 e. The minimum absolute atomic E-state index is 0.120. The number of halogens is 5. The van der Waals surface area contributed by atoms with Crippen molar-refractivity contribution in [2.24, 2.45) is 0 Å². The third-order valence-corrected chi connectivity index (χ3v) is 6.43. The minimum Gasteiger partial charge on any atom is -0.455 e. The third kappa shape index (κ3) is 6.91. The Morgan fingerprint density at radius 3 is 1.42 bits per heavy atom. The lowest BCUT2D eigenvalue weighted by Crippen LogP contribution is -2.50. The molecule has 1 aromatic carbocycles. The Hall–Kier alpha value is -2.70. The number of hydrogen-bond donors (Lipinski definition) is 1. The van der Waals surface area contributed by atoms with E-state index in [1.165, 1.54) is 20.8 Å². The van der Waals surface area contributed by atoms with Crippen molar-refractivity contribution in [1.82, 2.24) is 0 Å². The molecule has 0 radical (unpaired) electrons. The molecule has 1 N–H and O–H groups in total. The molecule has 0 heterocycles. The zero-order chi connectivity index (χ0) is 23.8. The van der Waals surface area contributed by atoms with Gasteiger partial charge in [0.15, 0.2) is 23.3 Å². The molecule has 174 valence electrons. The average Bonchev–Trinajstić information content (AvgIpc) is 2.75. The summed E-state index contributed by atoms with van der Waals surface area (Å²) in [6.07, 6.45) is -0.530. The van der Waals surface area contributed by atoms with E-state index in [0.717, 1.165) is 0 Å². The predicted octanol–water partition coefficient (Wildman–Crippen LogP) is 3.98. The molecule has 0 saturated carbocycles. The van der Waals surface area contributed by atoms with Crippen LogP contribution in [0, 0.1) is 29.1 Å². The second-order valence-electron chi connectivity index (χ2n) is 6.14. The lowest BCUT2D eigenvalue weighted by Gasteiger charge is -2.27. The molecule has 31 heavy (non-hydrogen) atoms. The van der Waals surface area contributed by atoms with Crippen LogP contribution in [0.3, 0.4) is 0 Å². The monoisotopic (exact) mass is 471 g/mol. The minimum atomic E-state index is -4.23. The van der Waals surface area contributed by atoms with Gasteiger partial charge in [-0.05, 0) is 6.42 Å². The molecule has 0 aliphatic heterocycles. The van der Waals surface area contributed by atoms with Crippen LogP contribution >= 0.6 is 0 Å². The van der Waals surface area contributed by atoms with Gasteiger partial charge in [0.2, 0.25) is 5.82 Å². The molecule has 7 nitrogen and oxygen atoms in total. The molecule has 1 aromatic rings. The normalized spacial score (nSPS) is 11.1. The maximum absolute atomic E-state index is 13.7. The van der Waals surface area contributed by atoms with Gasteiger partial charge >= 0.3 is 8.80 Å². The van der Waals surface area contributed by atoms with Crippen LogP contribution in [0.1, 0.15) is 46.5 Å². The first-order valence-corrected chi connectivity index (χ1v) is 11.4. The number of nitrogens with one attached hydrogen (secondary N) is 1. The number of rotatable bonds is 11. The summed E-state index contributed by atoms with van der Waals surface area (Å²) in [4.78, 5) is 35.4. The maximum atomic E-state index is 13.7. The zero-order valence-corrected chi connectivity index (χ0v) is 18.1. The van der Waals surface area contributed by atoms with Gasteiger partial charge in [0.05, 0.1) is 6.04 Å². The van der Waals surface area contributed by atoms with Crippen molar-refractivity contribution < 1.29 is 49.6 Å². The van der Waals surface area contributed by atoms with Crippen molar-refractivity contribution in [3.05, 3.63) is 29.1 Å². The summed E-state index contributed by atoms with van der Waals surface area (Å²) in [7, 11) is -4.23. The summed E-state index contributed by atoms with van der Waals surface area (Å²) >= 11 is 0. The lowest BCUT2D eigenvalue weighted by molar-refractivity contribution is -0.150. The second-order valence-corrected chi connectivity index (χ2v) is 8.62. The van der Waals surface area contributed by atoms with Crippen molar-refractivity contribution in [1.29, 1.82) is 0 Å². The summed E-state index contributed by atoms with van der Waals surface area (Å²) in [5, 5.41) is 2.07. The third-order valence-electron chi connectivity index (χ3n) is 3.85. The first-order chi connectivity index (χ1) is 14.5. The first-order valence-electron chi connectivity index (χ1n) is 9.42. The van der Waals surface area contributed by atoms with Gasteiger partial charge < -0.3 is 18.6 Å². The molecule has 0 spiro atoms. The molecule has 0 aromatic heterocycles. The molecule has 0 bridgehead atoms. The summed E-state index contributed by atoms with van der Waals surface area (Å²) in [6, 6.07) is -0.335. The highest BCUT2D eigenvalue weighted by Crippen LogP contribution is 2.27. The van der Waals surface area contributed by atoms with Gasteiger partial charge in [-0.25, -0.2) is 22.0 Å². The van der Waals surface area contributed by atoms with Crippen LogP contribution < -0.4 is 5.32 Å². The molecule has 0 aliphatic carbocycles. The van der Waals surface area contributed by atoms with Crippen LogP contribution in [0.5, 0.6) is 0 Å². The van der Waals surface area contributed by atoms with Gasteiger partial charge in [0.1, 0.15) is 5.69 Å². The fourth-order valence-corrected chi connectivity index (χ4v) is 4.75. The quantitative estimate of drug-likeness (QED) is 0.172. The van der Waals surface area contributed by atoms with Crippen molar-refractivity contribution in [3.63, 3.8) is 0 Å². The van der Waals surface area contributed by atoms with Crippen LogP contribution in [0.25, 0.3) is 0 Å². The Bertz CT molecular complexity index is 764. The zero-order valence-electron chi connectivity index (χ0n) is 17.1. The first kappa shape index (κ1) is 26.3. The highest BCUT2D eigenvalue weighted by atomic mass is 28.4. The van der Waals surface area contributed by atoms with Gasteiger partial charge in [0.25, 0.3) is 17.9 Å². The lowest BCUT2D eigenvalue weighted by atomic mass is 10.2. The molecular weight excluding hydrogens is 449 g/mol. The summed E-state index contributed by atoms with van der Waals surface area (Å²) < 4.78 is 82.6. The Morgan fingerprint density at radius 1 is 0.710 bits per heavy atom. The summed E-state index contributed by atoms with van der Waals surface area (Å²) in [5.74, 6) is -13.1. The molecule has 0 unspecified atom stereocenters. The summed E-state index contributed by atoms with van der Waals surface area (Å²) in [6.45, 7) is 3.98. The van der Waals surface area contributed by atoms with Crippen molar-refractivity contribution in [3.8, 4) is 0 Å². The van der Waals surface area contributed by atoms with E-state index in [1.54, 1.807) is 0 Å². The van der Waals surface area contributed by atoms with Gasteiger partial charge in [-0.2, -0.15) is 0 Å². The fraction of sp³-hybridized carbons (Fsp3) is 0.500. The Labute approximate surface area is 176 Å². The molecular formula is C18H22F5NO6Si. The van der Waals surface area contributed by atoms with E-state index in [0.29, 0.717) is 0 Å². The Morgan fingerprint density at radius 2 is 1.06 bits per heavy atom. The van der Waals surface area contributed by atoms with E-state index in [2.05, 4.69) is 5.32 Å². The molecule has 0 atom stereocenters. The van der Waals surface area contributed by atoms with E-state index < -0.39 is 61.5 Å². The number of hydrogen-bond acceptors (Lipinski definition) is 7. The van der Waals surface area contributed by atoms with Crippen molar-refractivity contribution in [2.75, 3.05) is 11.9 Å². The number of carbonyl (C=O) groups is 3. The van der Waals surface area contributed by atoms with Crippen LogP contribution in [0.15, 0.2) is 0 Å². The van der Waals surface area contributed by atoms with E-state index in [9.17, 15) is 36.3 Å². The van der Waals surface area contributed by atoms with Crippen LogP contribution in [0.4, 0.5) is 27.6 Å². The van der Waals surface area contributed by atoms with Gasteiger partial charge in [0, 0.05) is 25.8 Å². The van der Waals surface area contributed by atoms with E-state index >= 15 is 0 Å². The fourth-order valence-electron chi connectivity index (χ4n) is 2.23. The van der Waals surface area contributed by atoms with E-state index in [4.69, 9.17) is 13.3 Å². The largest absolute Gasteiger partial charge is 0.705 e. The van der Waals surface area contributed by atoms with Crippen LogP contribution in [-0.4, -0.2) is 33.3 Å². The number of benzene rings is 1. The van der Waals surface area contributed by atoms with Crippen LogP contribution in [-0.2, 0) is 27.7 Å². The second kappa shape index (κ2) is 11.6. The van der Waals surface area contributed by atoms with Crippen LogP contribution in [0.2, 0.25) is 6.04 Å². The molecule has 0 fully saturated rings. The Balaban J connectivity index is 3.04. The number of carbonyl (C=O) groups excluding carboxylic acids is 3. The average molecular weight is 471 g/mol. The van der Waals surface area contributed by atoms with Crippen molar-refractivity contribution in [2.45, 2.75) is 52.5 Å². The Kier molecular flexibility index (Phi) is 9.87. The molecule has 0 amide bonds. The SMILES string of the molecule is CCC(=O)O[Si](CCCNc1c(F)c(F)c(F)c(F)c1F)(OC(=O)CC)OC(=O)CC. The number of anilines is 1. The summed E-state index contributed by atoms with van der Waals surface area (Å²) in [5.41, 5.74) is -1.25.